The van der Waals surface area contributed by atoms with E-state index in [2.05, 4.69) is 10.3 Å². The summed E-state index contributed by atoms with van der Waals surface area (Å²) in [7, 11) is 0. The van der Waals surface area contributed by atoms with Crippen molar-refractivity contribution in [3.8, 4) is 0 Å². The normalized spacial score (nSPS) is 15.2. The van der Waals surface area contributed by atoms with Gasteiger partial charge in [-0.15, -0.1) is 11.3 Å². The zero-order valence-electron chi connectivity index (χ0n) is 14.4. The van der Waals surface area contributed by atoms with Crippen molar-refractivity contribution in [1.29, 1.82) is 0 Å². The Hall–Kier alpha value is -1.73. The van der Waals surface area contributed by atoms with Gasteiger partial charge >= 0.3 is 0 Å². The maximum absolute atomic E-state index is 12.9. The molecule has 7 heteroatoms. The van der Waals surface area contributed by atoms with Gasteiger partial charge in [-0.05, 0) is 39.2 Å². The smallest absolute Gasteiger partial charge is 0.262 e. The fraction of sp³-hybridized carbons (Fsp3) is 0.588. The van der Waals surface area contributed by atoms with Gasteiger partial charge in [-0.2, -0.15) is 0 Å². The minimum Gasteiger partial charge on any atom is -0.350 e. The number of rotatable bonds is 3. The van der Waals surface area contributed by atoms with Gasteiger partial charge in [-0.3, -0.25) is 14.2 Å². The van der Waals surface area contributed by atoms with Crippen LogP contribution in [0.15, 0.2) is 4.79 Å². The van der Waals surface area contributed by atoms with E-state index in [1.54, 1.807) is 4.57 Å². The summed E-state index contributed by atoms with van der Waals surface area (Å²) in [5, 5.41) is 3.44. The standard InChI is InChI=1S/C17H24N4O2S/c1-10-12-15(24-13(10)14(22)19-9-17(2,3)18)20-11-7-5-4-6-8-21(11)16(12)23/h4-9,18H2,1-3H3,(H,19,22). The van der Waals surface area contributed by atoms with Gasteiger partial charge < -0.3 is 11.1 Å². The van der Waals surface area contributed by atoms with Crippen LogP contribution in [-0.2, 0) is 13.0 Å². The number of thiophene rings is 1. The molecule has 0 aromatic carbocycles. The van der Waals surface area contributed by atoms with Gasteiger partial charge in [0.2, 0.25) is 0 Å². The molecule has 3 heterocycles. The number of fused-ring (bicyclic) bond motifs is 2. The molecule has 0 radical (unpaired) electrons. The van der Waals surface area contributed by atoms with Crippen LogP contribution < -0.4 is 16.6 Å². The molecule has 0 aliphatic carbocycles. The Morgan fingerprint density at radius 2 is 2.12 bits per heavy atom. The molecule has 2 aromatic heterocycles. The first kappa shape index (κ1) is 17.1. The number of carbonyl (C=O) groups excluding carboxylic acids is 1. The number of aromatic nitrogens is 2. The zero-order chi connectivity index (χ0) is 17.5. The Kier molecular flexibility index (Phi) is 4.48. The Morgan fingerprint density at radius 3 is 2.83 bits per heavy atom. The van der Waals surface area contributed by atoms with Crippen molar-refractivity contribution < 1.29 is 4.79 Å². The Morgan fingerprint density at radius 1 is 1.38 bits per heavy atom. The Balaban J connectivity index is 2.03. The summed E-state index contributed by atoms with van der Waals surface area (Å²) in [6.07, 6.45) is 4.01. The van der Waals surface area contributed by atoms with Crippen LogP contribution in [0.2, 0.25) is 0 Å². The fourth-order valence-corrected chi connectivity index (χ4v) is 4.12. The number of nitrogens with two attached hydrogens (primary N) is 1. The SMILES string of the molecule is Cc1c(C(=O)NCC(C)(C)N)sc2nc3n(c(=O)c12)CCCCC3. The van der Waals surface area contributed by atoms with E-state index in [1.165, 1.54) is 11.3 Å². The number of carbonyl (C=O) groups is 1. The van der Waals surface area contributed by atoms with Crippen LogP contribution in [0.1, 0.15) is 54.2 Å². The average molecular weight is 348 g/mol. The number of nitrogens with zero attached hydrogens (tertiary/aromatic N) is 2. The fourth-order valence-electron chi connectivity index (χ4n) is 3.01. The highest BCUT2D eigenvalue weighted by atomic mass is 32.1. The Labute approximate surface area is 145 Å². The summed E-state index contributed by atoms with van der Waals surface area (Å²) in [6.45, 7) is 6.64. The first-order valence-corrected chi connectivity index (χ1v) is 9.19. The van der Waals surface area contributed by atoms with E-state index in [-0.39, 0.29) is 11.5 Å². The molecule has 0 atom stereocenters. The van der Waals surface area contributed by atoms with E-state index in [0.717, 1.165) is 43.6 Å². The average Bonchev–Trinajstić information content (AvgIpc) is 2.69. The van der Waals surface area contributed by atoms with Gasteiger partial charge in [0.05, 0.1) is 10.3 Å². The second kappa shape index (κ2) is 6.29. The molecule has 0 saturated heterocycles. The summed E-state index contributed by atoms with van der Waals surface area (Å²) in [5.74, 6) is 0.662. The van der Waals surface area contributed by atoms with Crippen LogP contribution >= 0.6 is 11.3 Å². The van der Waals surface area contributed by atoms with Gasteiger partial charge in [0.1, 0.15) is 10.7 Å². The largest absolute Gasteiger partial charge is 0.350 e. The molecule has 0 spiro atoms. The van der Waals surface area contributed by atoms with Crippen molar-refractivity contribution in [1.82, 2.24) is 14.9 Å². The molecule has 3 rings (SSSR count). The number of nitrogens with one attached hydrogen (secondary N) is 1. The summed E-state index contributed by atoms with van der Waals surface area (Å²) < 4.78 is 1.79. The molecule has 1 aliphatic heterocycles. The lowest BCUT2D eigenvalue weighted by molar-refractivity contribution is 0.0949. The summed E-state index contributed by atoms with van der Waals surface area (Å²) in [5.41, 5.74) is 6.15. The minimum atomic E-state index is -0.477. The first-order chi connectivity index (χ1) is 11.3. The lowest BCUT2D eigenvalue weighted by Gasteiger charge is -2.18. The molecule has 1 amide bonds. The van der Waals surface area contributed by atoms with Gasteiger partial charge in [0, 0.05) is 25.0 Å². The third kappa shape index (κ3) is 3.23. The predicted octanol–water partition coefficient (Wildman–Crippen LogP) is 1.96. The quantitative estimate of drug-likeness (QED) is 0.887. The van der Waals surface area contributed by atoms with Crippen molar-refractivity contribution in [2.45, 2.75) is 58.5 Å². The lowest BCUT2D eigenvalue weighted by atomic mass is 10.1. The van der Waals surface area contributed by atoms with E-state index in [4.69, 9.17) is 5.73 Å². The number of hydrogen-bond donors (Lipinski definition) is 2. The van der Waals surface area contributed by atoms with Crippen LogP contribution in [0.5, 0.6) is 0 Å². The molecule has 0 fully saturated rings. The van der Waals surface area contributed by atoms with Crippen molar-refractivity contribution in [2.75, 3.05) is 6.54 Å². The van der Waals surface area contributed by atoms with Gasteiger partial charge in [0.15, 0.2) is 0 Å². The van der Waals surface area contributed by atoms with Gasteiger partial charge in [-0.25, -0.2) is 4.98 Å². The molecule has 2 aromatic rings. The van der Waals surface area contributed by atoms with Crippen LogP contribution in [0.3, 0.4) is 0 Å². The van der Waals surface area contributed by atoms with Crippen molar-refractivity contribution in [3.63, 3.8) is 0 Å². The highest BCUT2D eigenvalue weighted by molar-refractivity contribution is 7.20. The molecule has 0 bridgehead atoms. The zero-order valence-corrected chi connectivity index (χ0v) is 15.3. The third-order valence-corrected chi connectivity index (χ3v) is 5.51. The Bertz CT molecular complexity index is 845. The number of aryl methyl sites for hydroxylation is 2. The van der Waals surface area contributed by atoms with Crippen LogP contribution in [0.25, 0.3) is 10.2 Å². The van der Waals surface area contributed by atoms with Crippen molar-refractivity contribution in [2.24, 2.45) is 5.73 Å². The van der Waals surface area contributed by atoms with E-state index >= 15 is 0 Å². The van der Waals surface area contributed by atoms with E-state index in [0.29, 0.717) is 21.6 Å². The highest BCUT2D eigenvalue weighted by Crippen LogP contribution is 2.28. The topological polar surface area (TPSA) is 90.0 Å². The van der Waals surface area contributed by atoms with Crippen LogP contribution in [0, 0.1) is 6.92 Å². The predicted molar refractivity (Wildman–Crippen MR) is 96.8 cm³/mol. The summed E-state index contributed by atoms with van der Waals surface area (Å²) in [4.78, 5) is 31.3. The molecule has 6 nitrogen and oxygen atoms in total. The highest BCUT2D eigenvalue weighted by Gasteiger charge is 2.23. The molecular weight excluding hydrogens is 324 g/mol. The summed E-state index contributed by atoms with van der Waals surface area (Å²) >= 11 is 1.30. The number of hydrogen-bond acceptors (Lipinski definition) is 5. The first-order valence-electron chi connectivity index (χ1n) is 8.38. The van der Waals surface area contributed by atoms with Crippen molar-refractivity contribution >= 4 is 27.5 Å². The second-order valence-corrected chi connectivity index (χ2v) is 8.20. The van der Waals surface area contributed by atoms with Crippen LogP contribution in [0.4, 0.5) is 0 Å². The summed E-state index contributed by atoms with van der Waals surface area (Å²) in [6, 6.07) is 0. The van der Waals surface area contributed by atoms with E-state index < -0.39 is 5.54 Å². The van der Waals surface area contributed by atoms with Gasteiger partial charge in [0.25, 0.3) is 11.5 Å². The lowest BCUT2D eigenvalue weighted by Crippen LogP contribution is -2.45. The maximum atomic E-state index is 12.9. The molecule has 0 saturated carbocycles. The monoisotopic (exact) mass is 348 g/mol. The molecule has 1 aliphatic rings. The molecule has 0 unspecified atom stereocenters. The van der Waals surface area contributed by atoms with Crippen LogP contribution in [-0.4, -0.2) is 27.5 Å². The molecule has 130 valence electrons. The van der Waals surface area contributed by atoms with Crippen molar-refractivity contribution in [3.05, 3.63) is 26.6 Å². The third-order valence-electron chi connectivity index (χ3n) is 4.32. The molecule has 24 heavy (non-hydrogen) atoms. The van der Waals surface area contributed by atoms with E-state index in [1.807, 2.05) is 20.8 Å². The molecule has 3 N–H and O–H groups in total. The maximum Gasteiger partial charge on any atom is 0.262 e. The number of amides is 1. The second-order valence-electron chi connectivity index (χ2n) is 7.20. The minimum absolute atomic E-state index is 0.0103. The van der Waals surface area contributed by atoms with E-state index in [9.17, 15) is 9.59 Å². The van der Waals surface area contributed by atoms with Gasteiger partial charge in [-0.1, -0.05) is 6.42 Å². The molecular formula is C17H24N4O2S.